The number of tetrazole rings is 1. The zero-order valence-corrected chi connectivity index (χ0v) is 13.3. The smallest absolute Gasteiger partial charge is 0.224 e. The molecule has 0 amide bonds. The van der Waals surface area contributed by atoms with Gasteiger partial charge in [0, 0.05) is 19.3 Å². The highest BCUT2D eigenvalue weighted by Gasteiger charge is 2.23. The molecule has 0 saturated heterocycles. The Morgan fingerprint density at radius 3 is 3.08 bits per heavy atom. The van der Waals surface area contributed by atoms with Gasteiger partial charge in [0.15, 0.2) is 5.82 Å². The molecule has 9 nitrogen and oxygen atoms in total. The van der Waals surface area contributed by atoms with Crippen LogP contribution in [0.2, 0.25) is 0 Å². The summed E-state index contributed by atoms with van der Waals surface area (Å²) < 4.78 is 6.81. The molecule has 0 saturated carbocycles. The second kappa shape index (κ2) is 5.85. The van der Waals surface area contributed by atoms with Gasteiger partial charge in [0.05, 0.1) is 23.5 Å². The van der Waals surface area contributed by atoms with Crippen molar-refractivity contribution in [3.63, 3.8) is 0 Å². The molecule has 9 heteroatoms. The summed E-state index contributed by atoms with van der Waals surface area (Å²) in [5.41, 5.74) is 2.47. The van der Waals surface area contributed by atoms with Crippen molar-refractivity contribution in [3.05, 3.63) is 30.5 Å². The van der Waals surface area contributed by atoms with Crippen molar-refractivity contribution in [1.82, 2.24) is 30.2 Å². The number of benzene rings is 1. The van der Waals surface area contributed by atoms with E-state index in [4.69, 9.17) is 4.74 Å². The van der Waals surface area contributed by atoms with E-state index >= 15 is 0 Å². The standard InChI is InChI=1S/C15H16N8O/c1-9(8-24-2)17-15-16-7-10-13(19-15)18-11-5-3-4-6-12(11)23-14(10)20-21-22-23/h3-7,9H,8H2,1-2H3,(H2,16,17,18,19). The van der Waals surface area contributed by atoms with Crippen molar-refractivity contribution < 1.29 is 4.74 Å². The Balaban J connectivity index is 1.79. The van der Waals surface area contributed by atoms with Crippen molar-refractivity contribution in [2.75, 3.05) is 24.4 Å². The number of methoxy groups -OCH3 is 1. The van der Waals surface area contributed by atoms with Crippen LogP contribution in [0.5, 0.6) is 0 Å². The van der Waals surface area contributed by atoms with Crippen LogP contribution >= 0.6 is 0 Å². The van der Waals surface area contributed by atoms with Gasteiger partial charge in [-0.25, -0.2) is 4.98 Å². The quantitative estimate of drug-likeness (QED) is 0.584. The molecule has 4 rings (SSSR count). The first-order valence-corrected chi connectivity index (χ1v) is 7.54. The van der Waals surface area contributed by atoms with Gasteiger partial charge in [-0.15, -0.1) is 5.10 Å². The van der Waals surface area contributed by atoms with Crippen LogP contribution in [0, 0.1) is 0 Å². The maximum atomic E-state index is 5.13. The molecule has 24 heavy (non-hydrogen) atoms. The molecule has 1 aromatic carbocycles. The minimum absolute atomic E-state index is 0.0939. The molecule has 122 valence electrons. The molecule has 0 bridgehead atoms. The number of nitrogens with zero attached hydrogens (tertiary/aromatic N) is 6. The minimum atomic E-state index is 0.0939. The van der Waals surface area contributed by atoms with Crippen molar-refractivity contribution in [1.29, 1.82) is 0 Å². The highest BCUT2D eigenvalue weighted by molar-refractivity contribution is 5.81. The molecule has 1 unspecified atom stereocenters. The van der Waals surface area contributed by atoms with Gasteiger partial charge < -0.3 is 15.4 Å². The molecule has 1 aliphatic rings. The van der Waals surface area contributed by atoms with Crippen molar-refractivity contribution >= 4 is 17.5 Å². The summed E-state index contributed by atoms with van der Waals surface area (Å²) in [7, 11) is 1.66. The van der Waals surface area contributed by atoms with Gasteiger partial charge in [-0.3, -0.25) is 0 Å². The van der Waals surface area contributed by atoms with E-state index in [2.05, 4.69) is 36.1 Å². The van der Waals surface area contributed by atoms with Crippen LogP contribution in [0.3, 0.4) is 0 Å². The number of aromatic nitrogens is 6. The minimum Gasteiger partial charge on any atom is -0.383 e. The zero-order valence-electron chi connectivity index (χ0n) is 13.3. The fourth-order valence-electron chi connectivity index (χ4n) is 2.63. The highest BCUT2D eigenvalue weighted by Crippen LogP contribution is 2.35. The van der Waals surface area contributed by atoms with Crippen LogP contribution in [-0.4, -0.2) is 49.9 Å². The summed E-state index contributed by atoms with van der Waals surface area (Å²) >= 11 is 0. The highest BCUT2D eigenvalue weighted by atomic mass is 16.5. The Bertz CT molecular complexity index is 877. The first kappa shape index (κ1) is 14.5. The second-order valence-electron chi connectivity index (χ2n) is 5.51. The van der Waals surface area contributed by atoms with Gasteiger partial charge in [-0.05, 0) is 29.5 Å². The maximum Gasteiger partial charge on any atom is 0.224 e. The molecule has 0 aliphatic carbocycles. The monoisotopic (exact) mass is 324 g/mol. The Morgan fingerprint density at radius 1 is 1.33 bits per heavy atom. The van der Waals surface area contributed by atoms with E-state index in [1.54, 1.807) is 18.0 Å². The van der Waals surface area contributed by atoms with Crippen LogP contribution in [0.1, 0.15) is 6.92 Å². The summed E-state index contributed by atoms with van der Waals surface area (Å²) in [5.74, 6) is 1.77. The van der Waals surface area contributed by atoms with Crippen LogP contribution in [-0.2, 0) is 4.74 Å². The Labute approximate surface area is 138 Å². The molecule has 1 aliphatic heterocycles. The third-order valence-corrected chi connectivity index (χ3v) is 3.68. The molecule has 2 aromatic heterocycles. The number of rotatable bonds is 4. The number of hydrogen-bond donors (Lipinski definition) is 2. The van der Waals surface area contributed by atoms with E-state index in [0.29, 0.717) is 24.2 Å². The van der Waals surface area contributed by atoms with E-state index in [1.165, 1.54) is 0 Å². The molecule has 3 aromatic rings. The van der Waals surface area contributed by atoms with Gasteiger partial charge >= 0.3 is 0 Å². The normalized spacial score (nSPS) is 13.1. The SMILES string of the molecule is COCC(C)Nc1ncc2c(n1)Nc1ccccc1-n1nnnc1-2. The van der Waals surface area contributed by atoms with Gasteiger partial charge in [-0.1, -0.05) is 12.1 Å². The Hall–Kier alpha value is -3.07. The zero-order chi connectivity index (χ0) is 16.5. The van der Waals surface area contributed by atoms with Gasteiger partial charge in [0.2, 0.25) is 5.95 Å². The summed E-state index contributed by atoms with van der Waals surface area (Å²) in [6.07, 6.45) is 1.71. The molecule has 0 radical (unpaired) electrons. The molecular formula is C15H16N8O. The molecular weight excluding hydrogens is 308 g/mol. The van der Waals surface area contributed by atoms with E-state index in [0.717, 1.165) is 16.9 Å². The number of fused-ring (bicyclic) bond motifs is 5. The van der Waals surface area contributed by atoms with Gasteiger partial charge in [0.25, 0.3) is 0 Å². The predicted molar refractivity (Wildman–Crippen MR) is 88.4 cm³/mol. The maximum absolute atomic E-state index is 5.13. The molecule has 0 fully saturated rings. The largest absolute Gasteiger partial charge is 0.383 e. The van der Waals surface area contributed by atoms with E-state index in [9.17, 15) is 0 Å². The molecule has 3 heterocycles. The van der Waals surface area contributed by atoms with Crippen molar-refractivity contribution in [3.8, 4) is 17.1 Å². The van der Waals surface area contributed by atoms with Crippen molar-refractivity contribution in [2.45, 2.75) is 13.0 Å². The number of nitrogens with one attached hydrogen (secondary N) is 2. The first-order chi connectivity index (χ1) is 11.8. The van der Waals surface area contributed by atoms with E-state index in [-0.39, 0.29) is 6.04 Å². The summed E-state index contributed by atoms with van der Waals surface area (Å²) in [5, 5.41) is 18.5. The summed E-state index contributed by atoms with van der Waals surface area (Å²) in [6.45, 7) is 2.57. The van der Waals surface area contributed by atoms with Crippen LogP contribution in [0.25, 0.3) is 17.1 Å². The fourth-order valence-corrected chi connectivity index (χ4v) is 2.63. The molecule has 2 N–H and O–H groups in total. The van der Waals surface area contributed by atoms with Gasteiger partial charge in [-0.2, -0.15) is 9.67 Å². The molecule has 1 atom stereocenters. The lowest BCUT2D eigenvalue weighted by atomic mass is 10.2. The fraction of sp³-hybridized carbons (Fsp3) is 0.267. The van der Waals surface area contributed by atoms with Crippen molar-refractivity contribution in [2.24, 2.45) is 0 Å². The average Bonchev–Trinajstić information content (AvgIpc) is 3.00. The van der Waals surface area contributed by atoms with E-state index in [1.807, 2.05) is 31.2 Å². The number of anilines is 3. The lowest BCUT2D eigenvalue weighted by molar-refractivity contribution is 0.190. The van der Waals surface area contributed by atoms with Crippen LogP contribution < -0.4 is 10.6 Å². The second-order valence-corrected chi connectivity index (χ2v) is 5.51. The van der Waals surface area contributed by atoms with Crippen LogP contribution in [0.4, 0.5) is 17.5 Å². The first-order valence-electron chi connectivity index (χ1n) is 7.54. The summed E-state index contributed by atoms with van der Waals surface area (Å²) in [6, 6.07) is 7.88. The lowest BCUT2D eigenvalue weighted by Gasteiger charge is -2.14. The topological polar surface area (TPSA) is 103 Å². The Morgan fingerprint density at radius 2 is 2.21 bits per heavy atom. The third-order valence-electron chi connectivity index (χ3n) is 3.68. The van der Waals surface area contributed by atoms with Gasteiger partial charge in [0.1, 0.15) is 5.82 Å². The predicted octanol–water partition coefficient (Wildman–Crippen LogP) is 1.62. The third kappa shape index (κ3) is 2.44. The lowest BCUT2D eigenvalue weighted by Crippen LogP contribution is -2.22. The van der Waals surface area contributed by atoms with E-state index < -0.39 is 0 Å². The Kier molecular flexibility index (Phi) is 3.54. The average molecular weight is 324 g/mol. The summed E-state index contributed by atoms with van der Waals surface area (Å²) in [4.78, 5) is 8.95. The molecule has 0 spiro atoms. The number of para-hydroxylation sites is 2. The number of hydrogen-bond acceptors (Lipinski definition) is 8. The number of ether oxygens (including phenoxy) is 1. The van der Waals surface area contributed by atoms with Crippen LogP contribution in [0.15, 0.2) is 30.5 Å².